The molecule has 2 fully saturated rings. The van der Waals surface area contributed by atoms with Crippen LogP contribution in [0.2, 0.25) is 0 Å². The van der Waals surface area contributed by atoms with Gasteiger partial charge < -0.3 is 15.5 Å². The molecule has 108 valence electrons. The molecule has 2 unspecified atom stereocenters. The first-order valence-electron chi connectivity index (χ1n) is 7.16. The molecule has 2 aliphatic heterocycles. The van der Waals surface area contributed by atoms with Crippen molar-refractivity contribution in [1.29, 1.82) is 0 Å². The molecule has 0 aromatic heterocycles. The second-order valence-corrected chi connectivity index (χ2v) is 5.69. The van der Waals surface area contributed by atoms with E-state index in [1.807, 2.05) is 11.0 Å². The summed E-state index contributed by atoms with van der Waals surface area (Å²) < 4.78 is 14.0. The van der Waals surface area contributed by atoms with Crippen molar-refractivity contribution >= 4 is 11.6 Å². The molecule has 0 bridgehead atoms. The van der Waals surface area contributed by atoms with E-state index in [0.717, 1.165) is 31.7 Å². The van der Waals surface area contributed by atoms with Crippen LogP contribution in [-0.4, -0.2) is 36.5 Å². The number of benzene rings is 1. The van der Waals surface area contributed by atoms with E-state index in [-0.39, 0.29) is 23.8 Å². The van der Waals surface area contributed by atoms with Gasteiger partial charge >= 0.3 is 0 Å². The van der Waals surface area contributed by atoms with Crippen LogP contribution < -0.4 is 10.6 Å². The van der Waals surface area contributed by atoms with Gasteiger partial charge in [0.05, 0.1) is 0 Å². The summed E-state index contributed by atoms with van der Waals surface area (Å²) in [6.07, 6.45) is 1.54. The van der Waals surface area contributed by atoms with Gasteiger partial charge in [-0.25, -0.2) is 4.39 Å². The van der Waals surface area contributed by atoms with Gasteiger partial charge in [-0.3, -0.25) is 4.79 Å². The zero-order valence-electron chi connectivity index (χ0n) is 11.7. The lowest BCUT2D eigenvalue weighted by atomic mass is 10.0. The highest BCUT2D eigenvalue weighted by Crippen LogP contribution is 2.31. The fraction of sp³-hybridized carbons (Fsp3) is 0.533. The number of amides is 1. The van der Waals surface area contributed by atoms with Crippen molar-refractivity contribution in [3.8, 4) is 0 Å². The number of hydrogen-bond acceptors (Lipinski definition) is 3. The molecule has 2 atom stereocenters. The predicted molar refractivity (Wildman–Crippen MR) is 76.0 cm³/mol. The second-order valence-electron chi connectivity index (χ2n) is 5.69. The maximum absolute atomic E-state index is 14.0. The molecule has 0 saturated carbocycles. The highest BCUT2D eigenvalue weighted by Gasteiger charge is 2.36. The Morgan fingerprint density at radius 2 is 2.20 bits per heavy atom. The van der Waals surface area contributed by atoms with Crippen molar-refractivity contribution in [2.45, 2.75) is 31.8 Å². The summed E-state index contributed by atoms with van der Waals surface area (Å²) in [7, 11) is 0. The highest BCUT2D eigenvalue weighted by atomic mass is 19.1. The molecule has 2 heterocycles. The van der Waals surface area contributed by atoms with Crippen LogP contribution in [0.25, 0.3) is 0 Å². The third-order valence-corrected chi connectivity index (χ3v) is 4.32. The van der Waals surface area contributed by atoms with E-state index in [2.05, 4.69) is 4.90 Å². The van der Waals surface area contributed by atoms with E-state index in [1.54, 1.807) is 13.0 Å². The van der Waals surface area contributed by atoms with E-state index in [0.29, 0.717) is 12.0 Å². The topological polar surface area (TPSA) is 49.6 Å². The maximum Gasteiger partial charge on any atom is 0.223 e. The Kier molecular flexibility index (Phi) is 3.38. The Balaban J connectivity index is 1.88. The predicted octanol–water partition coefficient (Wildman–Crippen LogP) is 1.66. The third kappa shape index (κ3) is 2.16. The number of carbonyl (C=O) groups is 1. The van der Waals surface area contributed by atoms with Gasteiger partial charge in [-0.15, -0.1) is 0 Å². The summed E-state index contributed by atoms with van der Waals surface area (Å²) in [6.45, 7) is 4.04. The van der Waals surface area contributed by atoms with Gasteiger partial charge in [0.15, 0.2) is 0 Å². The van der Waals surface area contributed by atoms with Gasteiger partial charge in [0, 0.05) is 49.4 Å². The van der Waals surface area contributed by atoms with Gasteiger partial charge in [0.1, 0.15) is 5.82 Å². The molecule has 2 saturated heterocycles. The first-order valence-corrected chi connectivity index (χ1v) is 7.16. The summed E-state index contributed by atoms with van der Waals surface area (Å²) >= 11 is 0. The van der Waals surface area contributed by atoms with Gasteiger partial charge in [0.25, 0.3) is 0 Å². The lowest BCUT2D eigenvalue weighted by Crippen LogP contribution is -2.51. The van der Waals surface area contributed by atoms with Crippen LogP contribution in [0, 0.1) is 5.82 Å². The standard InChI is InChI=1S/C15H20FN3O/c1-10(17)15-12(16)3-2-4-13(15)18-7-8-19-11(9-18)5-6-14(19)20/h2-4,10-11H,5-9,17H2,1H3. The number of hydrogen-bond donors (Lipinski definition) is 1. The van der Waals surface area contributed by atoms with Crippen molar-refractivity contribution in [2.24, 2.45) is 5.73 Å². The largest absolute Gasteiger partial charge is 0.367 e. The molecule has 2 N–H and O–H groups in total. The summed E-state index contributed by atoms with van der Waals surface area (Å²) in [6, 6.07) is 5.03. The van der Waals surface area contributed by atoms with Gasteiger partial charge in [-0.2, -0.15) is 0 Å². The molecule has 5 heteroatoms. The quantitative estimate of drug-likeness (QED) is 0.894. The monoisotopic (exact) mass is 277 g/mol. The molecule has 0 aliphatic carbocycles. The number of fused-ring (bicyclic) bond motifs is 1. The minimum Gasteiger partial charge on any atom is -0.367 e. The average molecular weight is 277 g/mol. The molecular weight excluding hydrogens is 257 g/mol. The van der Waals surface area contributed by atoms with Gasteiger partial charge in [0.2, 0.25) is 5.91 Å². The molecule has 2 aliphatic rings. The summed E-state index contributed by atoms with van der Waals surface area (Å²) in [5, 5.41) is 0. The van der Waals surface area contributed by atoms with E-state index >= 15 is 0 Å². The van der Waals surface area contributed by atoms with Crippen molar-refractivity contribution in [2.75, 3.05) is 24.5 Å². The Hall–Kier alpha value is -1.62. The van der Waals surface area contributed by atoms with E-state index in [9.17, 15) is 9.18 Å². The molecule has 1 amide bonds. The minimum atomic E-state index is -0.338. The third-order valence-electron chi connectivity index (χ3n) is 4.32. The molecule has 1 aromatic carbocycles. The highest BCUT2D eigenvalue weighted by molar-refractivity contribution is 5.79. The van der Waals surface area contributed by atoms with Crippen LogP contribution in [0.1, 0.15) is 31.4 Å². The number of piperazine rings is 1. The first-order chi connectivity index (χ1) is 9.58. The van der Waals surface area contributed by atoms with Crippen molar-refractivity contribution < 1.29 is 9.18 Å². The molecule has 3 rings (SSSR count). The molecule has 0 radical (unpaired) electrons. The van der Waals surface area contributed by atoms with Crippen LogP contribution in [0.4, 0.5) is 10.1 Å². The fourth-order valence-electron chi connectivity index (χ4n) is 3.34. The Morgan fingerprint density at radius 1 is 1.40 bits per heavy atom. The van der Waals surface area contributed by atoms with Crippen molar-refractivity contribution in [1.82, 2.24) is 4.90 Å². The SMILES string of the molecule is CC(N)c1c(F)cccc1N1CCN2C(=O)CCC2C1. The lowest BCUT2D eigenvalue weighted by molar-refractivity contribution is -0.129. The summed E-state index contributed by atoms with van der Waals surface area (Å²) in [5.41, 5.74) is 7.37. The van der Waals surface area contributed by atoms with Crippen molar-refractivity contribution in [3.63, 3.8) is 0 Å². The molecule has 1 aromatic rings. The molecule has 4 nitrogen and oxygen atoms in total. The van der Waals surface area contributed by atoms with E-state index in [1.165, 1.54) is 6.07 Å². The fourth-order valence-corrected chi connectivity index (χ4v) is 3.34. The van der Waals surface area contributed by atoms with Gasteiger partial charge in [-0.1, -0.05) is 6.07 Å². The number of nitrogens with two attached hydrogens (primary N) is 1. The zero-order valence-corrected chi connectivity index (χ0v) is 11.7. The number of nitrogens with zero attached hydrogens (tertiary/aromatic N) is 2. The average Bonchev–Trinajstić information content (AvgIpc) is 2.79. The smallest absolute Gasteiger partial charge is 0.223 e. The Morgan fingerprint density at radius 3 is 2.95 bits per heavy atom. The Bertz CT molecular complexity index is 532. The number of carbonyl (C=O) groups excluding carboxylic acids is 1. The van der Waals surface area contributed by atoms with Crippen LogP contribution in [0.3, 0.4) is 0 Å². The summed E-state index contributed by atoms with van der Waals surface area (Å²) in [5.74, 6) is 0.00346. The molecular formula is C15H20FN3O. The first kappa shape index (κ1) is 13.4. The summed E-state index contributed by atoms with van der Waals surface area (Å²) in [4.78, 5) is 15.8. The second kappa shape index (κ2) is 5.05. The minimum absolute atomic E-state index is 0.248. The maximum atomic E-state index is 14.0. The van der Waals surface area contributed by atoms with Crippen LogP contribution >= 0.6 is 0 Å². The number of halogens is 1. The zero-order chi connectivity index (χ0) is 14.3. The normalized spacial score (nSPS) is 23.9. The van der Waals surface area contributed by atoms with Crippen LogP contribution in [0.15, 0.2) is 18.2 Å². The van der Waals surface area contributed by atoms with Crippen LogP contribution in [-0.2, 0) is 4.79 Å². The number of anilines is 1. The van der Waals surface area contributed by atoms with Crippen molar-refractivity contribution in [3.05, 3.63) is 29.6 Å². The van der Waals surface area contributed by atoms with E-state index < -0.39 is 0 Å². The molecule has 20 heavy (non-hydrogen) atoms. The van der Waals surface area contributed by atoms with Crippen LogP contribution in [0.5, 0.6) is 0 Å². The van der Waals surface area contributed by atoms with Gasteiger partial charge in [-0.05, 0) is 25.5 Å². The van der Waals surface area contributed by atoms with E-state index in [4.69, 9.17) is 5.73 Å². The lowest BCUT2D eigenvalue weighted by Gasteiger charge is -2.40. The number of rotatable bonds is 2. The Labute approximate surface area is 118 Å². The molecule has 0 spiro atoms.